The zero-order valence-electron chi connectivity index (χ0n) is 5.72. The van der Waals surface area contributed by atoms with Crippen LogP contribution in [0, 0.1) is 0 Å². The SMILES string of the molecule is O=C=NC1CCCCC1Br. The van der Waals surface area contributed by atoms with E-state index in [1.54, 1.807) is 6.08 Å². The van der Waals surface area contributed by atoms with Crippen LogP contribution in [-0.2, 0) is 4.79 Å². The van der Waals surface area contributed by atoms with Crippen LogP contribution in [0.1, 0.15) is 25.7 Å². The summed E-state index contributed by atoms with van der Waals surface area (Å²) in [4.78, 5) is 14.0. The van der Waals surface area contributed by atoms with Gasteiger partial charge in [0.1, 0.15) is 0 Å². The Bertz CT molecular complexity index is 154. The predicted octanol–water partition coefficient (Wildman–Crippen LogP) is 2.03. The highest BCUT2D eigenvalue weighted by molar-refractivity contribution is 9.09. The van der Waals surface area contributed by atoms with Crippen LogP contribution >= 0.6 is 15.9 Å². The molecule has 56 valence electrons. The smallest absolute Gasteiger partial charge is 0.211 e. The normalized spacial score (nSPS) is 32.9. The molecular weight excluding hydrogens is 194 g/mol. The van der Waals surface area contributed by atoms with E-state index in [2.05, 4.69) is 20.9 Å². The van der Waals surface area contributed by atoms with E-state index in [0.717, 1.165) is 12.8 Å². The molecule has 0 N–H and O–H groups in total. The molecule has 0 saturated heterocycles. The minimum atomic E-state index is 0.186. The van der Waals surface area contributed by atoms with Crippen LogP contribution in [0.2, 0.25) is 0 Å². The molecule has 0 heterocycles. The Hall–Kier alpha value is -0.140. The van der Waals surface area contributed by atoms with E-state index in [-0.39, 0.29) is 6.04 Å². The average molecular weight is 204 g/mol. The number of carbonyl (C=O) groups excluding carboxylic acids is 1. The van der Waals surface area contributed by atoms with E-state index in [0.29, 0.717) is 4.83 Å². The van der Waals surface area contributed by atoms with Crippen molar-refractivity contribution in [2.75, 3.05) is 0 Å². The van der Waals surface area contributed by atoms with Crippen LogP contribution < -0.4 is 0 Å². The largest absolute Gasteiger partial charge is 0.235 e. The van der Waals surface area contributed by atoms with Gasteiger partial charge in [0.2, 0.25) is 6.08 Å². The van der Waals surface area contributed by atoms with Crippen LogP contribution in [0.25, 0.3) is 0 Å². The van der Waals surface area contributed by atoms with Gasteiger partial charge in [0.05, 0.1) is 6.04 Å². The fourth-order valence-corrected chi connectivity index (χ4v) is 1.99. The zero-order chi connectivity index (χ0) is 7.40. The van der Waals surface area contributed by atoms with Crippen LogP contribution in [0.3, 0.4) is 0 Å². The second-order valence-electron chi connectivity index (χ2n) is 2.59. The zero-order valence-corrected chi connectivity index (χ0v) is 7.30. The van der Waals surface area contributed by atoms with E-state index in [9.17, 15) is 4.79 Å². The number of hydrogen-bond acceptors (Lipinski definition) is 2. The topological polar surface area (TPSA) is 29.4 Å². The Morgan fingerprint density at radius 1 is 1.40 bits per heavy atom. The summed E-state index contributed by atoms with van der Waals surface area (Å²) in [6, 6.07) is 0.186. The lowest BCUT2D eigenvalue weighted by Crippen LogP contribution is -2.22. The maximum Gasteiger partial charge on any atom is 0.235 e. The molecule has 2 atom stereocenters. The fourth-order valence-electron chi connectivity index (χ4n) is 1.28. The molecule has 0 aliphatic heterocycles. The van der Waals surface area contributed by atoms with Gasteiger partial charge < -0.3 is 0 Å². The van der Waals surface area contributed by atoms with Crippen molar-refractivity contribution in [3.63, 3.8) is 0 Å². The Kier molecular flexibility index (Phi) is 3.10. The molecule has 0 aromatic carbocycles. The standard InChI is InChI=1S/C7H10BrNO/c8-6-3-1-2-4-7(6)9-5-10/h6-7H,1-4H2. The quantitative estimate of drug-likeness (QED) is 0.365. The van der Waals surface area contributed by atoms with Gasteiger partial charge in [-0.15, -0.1) is 0 Å². The van der Waals surface area contributed by atoms with Crippen LogP contribution in [-0.4, -0.2) is 16.9 Å². The van der Waals surface area contributed by atoms with E-state index in [4.69, 9.17) is 0 Å². The van der Waals surface area contributed by atoms with Crippen molar-refractivity contribution in [2.45, 2.75) is 36.6 Å². The minimum absolute atomic E-state index is 0.186. The van der Waals surface area contributed by atoms with E-state index < -0.39 is 0 Å². The number of halogens is 1. The first-order chi connectivity index (χ1) is 4.84. The highest BCUT2D eigenvalue weighted by Crippen LogP contribution is 2.26. The summed E-state index contributed by atoms with van der Waals surface area (Å²) in [7, 11) is 0. The van der Waals surface area contributed by atoms with Gasteiger partial charge in [-0.05, 0) is 12.8 Å². The van der Waals surface area contributed by atoms with Crippen molar-refractivity contribution in [1.29, 1.82) is 0 Å². The van der Waals surface area contributed by atoms with Crippen molar-refractivity contribution in [3.8, 4) is 0 Å². The Balaban J connectivity index is 2.47. The molecule has 1 aliphatic carbocycles. The fraction of sp³-hybridized carbons (Fsp3) is 0.857. The van der Waals surface area contributed by atoms with Gasteiger partial charge in [-0.2, -0.15) is 0 Å². The van der Waals surface area contributed by atoms with Gasteiger partial charge in [-0.25, -0.2) is 9.79 Å². The maximum absolute atomic E-state index is 9.91. The first-order valence-electron chi connectivity index (χ1n) is 3.55. The predicted molar refractivity (Wildman–Crippen MR) is 43.1 cm³/mol. The lowest BCUT2D eigenvalue weighted by Gasteiger charge is -2.21. The third kappa shape index (κ3) is 1.93. The first kappa shape index (κ1) is 7.96. The molecule has 10 heavy (non-hydrogen) atoms. The summed E-state index contributed by atoms with van der Waals surface area (Å²) in [6.45, 7) is 0. The van der Waals surface area contributed by atoms with Crippen molar-refractivity contribution in [3.05, 3.63) is 0 Å². The lowest BCUT2D eigenvalue weighted by molar-refractivity contribution is 0.455. The van der Waals surface area contributed by atoms with Crippen molar-refractivity contribution in [1.82, 2.24) is 0 Å². The third-order valence-electron chi connectivity index (χ3n) is 1.87. The van der Waals surface area contributed by atoms with Gasteiger partial charge in [0, 0.05) is 4.83 Å². The lowest BCUT2D eigenvalue weighted by atomic mass is 9.96. The molecule has 1 fully saturated rings. The second-order valence-corrected chi connectivity index (χ2v) is 3.76. The number of alkyl halides is 1. The first-order valence-corrected chi connectivity index (χ1v) is 4.47. The number of aliphatic imine (C=N–C) groups is 1. The highest BCUT2D eigenvalue weighted by atomic mass is 79.9. The monoisotopic (exact) mass is 203 g/mol. The summed E-state index contributed by atoms with van der Waals surface area (Å²) in [6.07, 6.45) is 6.22. The molecule has 1 rings (SSSR count). The molecule has 0 bridgehead atoms. The summed E-state index contributed by atoms with van der Waals surface area (Å²) >= 11 is 3.48. The van der Waals surface area contributed by atoms with E-state index in [1.807, 2.05) is 0 Å². The number of hydrogen-bond donors (Lipinski definition) is 0. The molecule has 0 aromatic heterocycles. The maximum atomic E-state index is 9.91. The molecular formula is C7H10BrNO. The second kappa shape index (κ2) is 3.89. The highest BCUT2D eigenvalue weighted by Gasteiger charge is 2.21. The van der Waals surface area contributed by atoms with Crippen molar-refractivity contribution >= 4 is 22.0 Å². The molecule has 2 unspecified atom stereocenters. The molecule has 0 spiro atoms. The molecule has 0 aromatic rings. The summed E-state index contributed by atoms with van der Waals surface area (Å²) in [5, 5.41) is 0. The van der Waals surface area contributed by atoms with E-state index in [1.165, 1.54) is 12.8 Å². The summed E-state index contributed by atoms with van der Waals surface area (Å²) in [5.74, 6) is 0. The molecule has 1 aliphatic rings. The molecule has 2 nitrogen and oxygen atoms in total. The molecule has 0 amide bonds. The van der Waals surface area contributed by atoms with E-state index >= 15 is 0 Å². The van der Waals surface area contributed by atoms with Gasteiger partial charge in [0.25, 0.3) is 0 Å². The van der Waals surface area contributed by atoms with Gasteiger partial charge in [0.15, 0.2) is 0 Å². The Labute approximate surface area is 68.8 Å². The molecule has 0 radical (unpaired) electrons. The Morgan fingerprint density at radius 3 is 2.70 bits per heavy atom. The molecule has 1 saturated carbocycles. The number of nitrogens with zero attached hydrogens (tertiary/aromatic N) is 1. The van der Waals surface area contributed by atoms with Gasteiger partial charge >= 0.3 is 0 Å². The number of rotatable bonds is 1. The summed E-state index contributed by atoms with van der Waals surface area (Å²) < 4.78 is 0. The van der Waals surface area contributed by atoms with Crippen LogP contribution in [0.4, 0.5) is 0 Å². The van der Waals surface area contributed by atoms with Crippen molar-refractivity contribution in [2.24, 2.45) is 4.99 Å². The van der Waals surface area contributed by atoms with Crippen LogP contribution in [0.5, 0.6) is 0 Å². The number of isocyanates is 1. The average Bonchev–Trinajstić information content (AvgIpc) is 1.94. The van der Waals surface area contributed by atoms with Gasteiger partial charge in [-0.3, -0.25) is 0 Å². The molecule has 3 heteroatoms. The third-order valence-corrected chi connectivity index (χ3v) is 2.93. The van der Waals surface area contributed by atoms with Crippen molar-refractivity contribution < 1.29 is 4.79 Å². The van der Waals surface area contributed by atoms with Crippen LogP contribution in [0.15, 0.2) is 4.99 Å². The van der Waals surface area contributed by atoms with Gasteiger partial charge in [-0.1, -0.05) is 28.8 Å². The Morgan fingerprint density at radius 2 is 2.10 bits per heavy atom. The minimum Gasteiger partial charge on any atom is -0.211 e. The summed E-state index contributed by atoms with van der Waals surface area (Å²) in [5.41, 5.74) is 0.